The fourth-order valence-electron chi connectivity index (χ4n) is 4.30. The smallest absolute Gasteiger partial charge is 0.336 e. The summed E-state index contributed by atoms with van der Waals surface area (Å²) in [6, 6.07) is 12.8. The molecule has 7 nitrogen and oxygen atoms in total. The van der Waals surface area contributed by atoms with Gasteiger partial charge in [0.1, 0.15) is 6.07 Å². The summed E-state index contributed by atoms with van der Waals surface area (Å²) in [7, 11) is 1.31. The number of fused-ring (bicyclic) bond motifs is 2. The lowest BCUT2D eigenvalue weighted by Crippen LogP contribution is -2.29. The molecule has 1 aliphatic carbocycles. The van der Waals surface area contributed by atoms with E-state index >= 15 is 0 Å². The van der Waals surface area contributed by atoms with Gasteiger partial charge in [-0.15, -0.1) is 0 Å². The van der Waals surface area contributed by atoms with Crippen molar-refractivity contribution in [3.63, 3.8) is 0 Å². The Balaban J connectivity index is 1.94. The minimum atomic E-state index is -0.686. The third kappa shape index (κ3) is 3.79. The Hall–Kier alpha value is -3.57. The summed E-state index contributed by atoms with van der Waals surface area (Å²) in [5.41, 5.74) is 4.14. The molecule has 0 fully saturated rings. The number of hydrogen-bond donors (Lipinski definition) is 1. The number of benzene rings is 2. The molecule has 33 heavy (non-hydrogen) atoms. The predicted octanol–water partition coefficient (Wildman–Crippen LogP) is 4.49. The van der Waals surface area contributed by atoms with Crippen LogP contribution in [-0.4, -0.2) is 32.1 Å². The quantitative estimate of drug-likeness (QED) is 0.573. The second-order valence-corrected chi connectivity index (χ2v) is 8.32. The molecule has 8 heteroatoms. The van der Waals surface area contributed by atoms with Crippen molar-refractivity contribution < 1.29 is 23.8 Å². The van der Waals surface area contributed by atoms with Crippen LogP contribution in [0.5, 0.6) is 11.5 Å². The van der Waals surface area contributed by atoms with Crippen LogP contribution in [0.15, 0.2) is 57.7 Å². The Morgan fingerprint density at radius 3 is 2.61 bits per heavy atom. The van der Waals surface area contributed by atoms with Crippen molar-refractivity contribution in [1.29, 1.82) is 5.26 Å². The SMILES string of the molecule is CCOc1cc([C@H]2C(C(=O)OC)=C(C)NC3=C2C(=O)c2ccccc23)cc(Br)c1OCC#N. The van der Waals surface area contributed by atoms with E-state index in [4.69, 9.17) is 19.5 Å². The number of hydrogen-bond acceptors (Lipinski definition) is 7. The molecule has 2 aromatic carbocycles. The highest BCUT2D eigenvalue weighted by Gasteiger charge is 2.43. The van der Waals surface area contributed by atoms with Crippen LogP contribution in [0.3, 0.4) is 0 Å². The maximum Gasteiger partial charge on any atom is 0.336 e. The number of allylic oxidation sites excluding steroid dienone is 2. The fraction of sp³-hybridized carbons (Fsp3) is 0.240. The summed E-state index contributed by atoms with van der Waals surface area (Å²) in [6.45, 7) is 3.83. The maximum atomic E-state index is 13.5. The van der Waals surface area contributed by atoms with E-state index in [0.717, 1.165) is 5.56 Å². The average molecular weight is 509 g/mol. The second-order valence-electron chi connectivity index (χ2n) is 7.46. The van der Waals surface area contributed by atoms with Crippen LogP contribution < -0.4 is 14.8 Å². The molecule has 168 valence electrons. The Labute approximate surface area is 199 Å². The zero-order chi connectivity index (χ0) is 23.7. The lowest BCUT2D eigenvalue weighted by Gasteiger charge is -2.29. The van der Waals surface area contributed by atoms with Crippen LogP contribution in [-0.2, 0) is 9.53 Å². The summed E-state index contributed by atoms with van der Waals surface area (Å²) in [5.74, 6) is -0.575. The summed E-state index contributed by atoms with van der Waals surface area (Å²) in [4.78, 5) is 26.4. The van der Waals surface area contributed by atoms with Crippen LogP contribution in [0.4, 0.5) is 0 Å². The van der Waals surface area contributed by atoms with Gasteiger partial charge >= 0.3 is 5.97 Å². The molecule has 0 radical (unpaired) electrons. The number of Topliss-reactive ketones (excluding diaryl/α,β-unsaturated/α-hetero) is 1. The largest absolute Gasteiger partial charge is 0.490 e. The highest BCUT2D eigenvalue weighted by molar-refractivity contribution is 9.10. The molecule has 0 spiro atoms. The lowest BCUT2D eigenvalue weighted by atomic mass is 9.79. The third-order valence-electron chi connectivity index (χ3n) is 5.60. The lowest BCUT2D eigenvalue weighted by molar-refractivity contribution is -0.136. The predicted molar refractivity (Wildman–Crippen MR) is 125 cm³/mol. The van der Waals surface area contributed by atoms with E-state index < -0.39 is 11.9 Å². The monoisotopic (exact) mass is 508 g/mol. The molecule has 1 aliphatic heterocycles. The van der Waals surface area contributed by atoms with Gasteiger partial charge in [0.25, 0.3) is 0 Å². The second kappa shape index (κ2) is 9.12. The molecule has 0 aromatic heterocycles. The molecule has 1 atom stereocenters. The molecule has 0 bridgehead atoms. The minimum absolute atomic E-state index is 0.147. The summed E-state index contributed by atoms with van der Waals surface area (Å²) in [6.07, 6.45) is 0. The number of carbonyl (C=O) groups is 2. The van der Waals surface area contributed by atoms with Crippen LogP contribution in [0.2, 0.25) is 0 Å². The minimum Gasteiger partial charge on any atom is -0.490 e. The standard InChI is InChI=1S/C25H21BrN2O5/c1-4-32-18-12-14(11-17(26)24(18)33-10-9-27)20-19(25(30)31-3)13(2)28-22-15-7-5-6-8-16(15)23(29)21(20)22/h5-8,11-12,20,28H,4,10H2,1-3H3/t20-/m0/s1. The van der Waals surface area contributed by atoms with Gasteiger partial charge in [-0.1, -0.05) is 24.3 Å². The molecule has 0 saturated heterocycles. The number of esters is 1. The number of methoxy groups -OCH3 is 1. The molecular weight excluding hydrogens is 488 g/mol. The van der Waals surface area contributed by atoms with Gasteiger partial charge < -0.3 is 19.5 Å². The van der Waals surface area contributed by atoms with E-state index in [1.807, 2.05) is 31.2 Å². The van der Waals surface area contributed by atoms with Crippen LogP contribution in [0.25, 0.3) is 5.70 Å². The van der Waals surface area contributed by atoms with E-state index in [0.29, 0.717) is 56.2 Å². The Morgan fingerprint density at radius 1 is 1.21 bits per heavy atom. The van der Waals surface area contributed by atoms with E-state index in [1.165, 1.54) is 7.11 Å². The van der Waals surface area contributed by atoms with Gasteiger partial charge in [-0.2, -0.15) is 5.26 Å². The zero-order valence-corrected chi connectivity index (χ0v) is 19.9. The van der Waals surface area contributed by atoms with Gasteiger partial charge in [0.2, 0.25) is 0 Å². The Kier molecular flexibility index (Phi) is 6.25. The number of ether oxygens (including phenoxy) is 3. The van der Waals surface area contributed by atoms with E-state index in [2.05, 4.69) is 21.2 Å². The molecule has 1 N–H and O–H groups in total. The maximum absolute atomic E-state index is 13.5. The van der Waals surface area contributed by atoms with Gasteiger partial charge in [0, 0.05) is 28.3 Å². The van der Waals surface area contributed by atoms with Crippen molar-refractivity contribution in [3.05, 3.63) is 74.4 Å². The van der Waals surface area contributed by atoms with Crippen molar-refractivity contribution in [2.24, 2.45) is 0 Å². The number of ketones is 1. The average Bonchev–Trinajstić information content (AvgIpc) is 3.09. The summed E-state index contributed by atoms with van der Waals surface area (Å²) < 4.78 is 17.0. The van der Waals surface area contributed by atoms with E-state index in [9.17, 15) is 9.59 Å². The molecule has 0 unspecified atom stereocenters. The van der Waals surface area contributed by atoms with Crippen molar-refractivity contribution >= 4 is 33.4 Å². The normalized spacial score (nSPS) is 16.6. The van der Waals surface area contributed by atoms with Gasteiger partial charge in [0.05, 0.1) is 29.5 Å². The summed E-state index contributed by atoms with van der Waals surface area (Å²) >= 11 is 3.51. The number of nitrogens with one attached hydrogen (secondary N) is 1. The van der Waals surface area contributed by atoms with Crippen molar-refractivity contribution in [1.82, 2.24) is 5.32 Å². The molecule has 1 heterocycles. The molecule has 4 rings (SSSR count). The van der Waals surface area contributed by atoms with Gasteiger partial charge in [0.15, 0.2) is 23.9 Å². The number of rotatable bonds is 6. The number of carbonyl (C=O) groups excluding carboxylic acids is 2. The van der Waals surface area contributed by atoms with Gasteiger partial charge in [-0.05, 0) is 47.5 Å². The number of nitriles is 1. The van der Waals surface area contributed by atoms with E-state index in [1.54, 1.807) is 25.1 Å². The van der Waals surface area contributed by atoms with Gasteiger partial charge in [-0.3, -0.25) is 4.79 Å². The zero-order valence-electron chi connectivity index (χ0n) is 18.3. The number of halogens is 1. The highest BCUT2D eigenvalue weighted by Crippen LogP contribution is 2.49. The summed E-state index contributed by atoms with van der Waals surface area (Å²) in [5, 5.41) is 12.2. The van der Waals surface area contributed by atoms with Crippen LogP contribution in [0.1, 0.15) is 41.3 Å². The van der Waals surface area contributed by atoms with Crippen molar-refractivity contribution in [3.8, 4) is 17.6 Å². The fourth-order valence-corrected chi connectivity index (χ4v) is 4.88. The first kappa shape index (κ1) is 22.6. The first-order valence-electron chi connectivity index (χ1n) is 10.3. The highest BCUT2D eigenvalue weighted by atomic mass is 79.9. The molecule has 0 amide bonds. The molecule has 2 aliphatic rings. The molecule has 0 saturated carbocycles. The first-order chi connectivity index (χ1) is 15.9. The van der Waals surface area contributed by atoms with Crippen LogP contribution in [0, 0.1) is 11.3 Å². The molecule has 2 aromatic rings. The Morgan fingerprint density at radius 2 is 1.94 bits per heavy atom. The number of nitrogens with zero attached hydrogens (tertiary/aromatic N) is 1. The van der Waals surface area contributed by atoms with Crippen molar-refractivity contribution in [2.45, 2.75) is 19.8 Å². The third-order valence-corrected chi connectivity index (χ3v) is 6.19. The van der Waals surface area contributed by atoms with E-state index in [-0.39, 0.29) is 12.4 Å². The van der Waals surface area contributed by atoms with Gasteiger partial charge in [-0.25, -0.2) is 4.79 Å². The first-order valence-corrected chi connectivity index (χ1v) is 11.1. The topological polar surface area (TPSA) is 97.7 Å². The van der Waals surface area contributed by atoms with Crippen LogP contribution >= 0.6 is 15.9 Å². The molecular formula is C25H21BrN2O5. The number of dihydropyridines is 1. The van der Waals surface area contributed by atoms with Crippen molar-refractivity contribution in [2.75, 3.05) is 20.3 Å². The Bertz CT molecular complexity index is 1270.